The normalized spacial score (nSPS) is 10.7. The second-order valence-electron chi connectivity index (χ2n) is 10.2. The smallest absolute Gasteiger partial charge is 0.271 e. The molecule has 0 amide bonds. The fourth-order valence-electron chi connectivity index (χ4n) is 4.80. The molecule has 0 aliphatic carbocycles. The number of aryl methyl sites for hydroxylation is 2. The van der Waals surface area contributed by atoms with E-state index in [0.717, 1.165) is 55.3 Å². The molecule has 0 saturated heterocycles. The number of benzene rings is 2. The average Bonchev–Trinajstić information content (AvgIpc) is 3.44. The van der Waals surface area contributed by atoms with Crippen LogP contribution in [-0.4, -0.2) is 34.8 Å². The van der Waals surface area contributed by atoms with Crippen molar-refractivity contribution in [2.45, 2.75) is 27.7 Å². The molecular weight excluding hydrogens is 677 g/mol. The van der Waals surface area contributed by atoms with Gasteiger partial charge in [0.15, 0.2) is 0 Å². The van der Waals surface area contributed by atoms with Crippen LogP contribution in [0.2, 0.25) is 5.15 Å². The van der Waals surface area contributed by atoms with Gasteiger partial charge in [0.05, 0.1) is 20.9 Å². The number of nitrogens with one attached hydrogen (secondary N) is 4. The molecule has 46 heavy (non-hydrogen) atoms. The van der Waals surface area contributed by atoms with E-state index in [0.29, 0.717) is 22.7 Å². The van der Waals surface area contributed by atoms with Crippen LogP contribution >= 0.6 is 27.5 Å². The minimum Gasteiger partial charge on any atom is -0.353 e. The number of H-pyrrole nitrogens is 2. The van der Waals surface area contributed by atoms with Gasteiger partial charge in [0.1, 0.15) is 11.0 Å². The van der Waals surface area contributed by atoms with Crippen molar-refractivity contribution in [3.63, 3.8) is 0 Å². The van der Waals surface area contributed by atoms with E-state index < -0.39 is 4.92 Å². The van der Waals surface area contributed by atoms with Gasteiger partial charge in [-0.25, -0.2) is 24.3 Å². The summed E-state index contributed by atoms with van der Waals surface area (Å²) in [5.41, 5.74) is 8.78. The Morgan fingerprint density at radius 3 is 1.89 bits per heavy atom. The van der Waals surface area contributed by atoms with E-state index in [1.54, 1.807) is 36.7 Å². The molecule has 0 saturated carbocycles. The second kappa shape index (κ2) is 13.9. The van der Waals surface area contributed by atoms with Gasteiger partial charge < -0.3 is 20.6 Å². The molecule has 0 aliphatic heterocycles. The summed E-state index contributed by atoms with van der Waals surface area (Å²) in [7, 11) is 0. The third kappa shape index (κ3) is 7.38. The van der Waals surface area contributed by atoms with Gasteiger partial charge in [-0.15, -0.1) is 0 Å². The van der Waals surface area contributed by atoms with Gasteiger partial charge in [-0.2, -0.15) is 0 Å². The lowest BCUT2D eigenvalue weighted by Crippen LogP contribution is -1.99. The predicted octanol–water partition coefficient (Wildman–Crippen LogP) is 9.13. The first kappa shape index (κ1) is 32.3. The predicted molar refractivity (Wildman–Crippen MR) is 181 cm³/mol. The number of non-ortho nitro benzene ring substituents is 1. The zero-order valence-electron chi connectivity index (χ0n) is 25.1. The molecule has 0 fully saturated rings. The van der Waals surface area contributed by atoms with Gasteiger partial charge in [-0.05, 0) is 97.2 Å². The Kier molecular flexibility index (Phi) is 9.73. The lowest BCUT2D eigenvalue weighted by atomic mass is 10.1. The number of halogens is 3. The summed E-state index contributed by atoms with van der Waals surface area (Å²) in [5, 5.41) is 17.5. The van der Waals surface area contributed by atoms with Crippen LogP contribution in [0.3, 0.4) is 0 Å². The number of aromatic nitrogens is 6. The van der Waals surface area contributed by atoms with Crippen molar-refractivity contribution in [3.8, 4) is 22.5 Å². The Morgan fingerprint density at radius 1 is 0.804 bits per heavy atom. The number of hydrogen-bond acceptors (Lipinski definition) is 8. The molecule has 0 radical (unpaired) electrons. The number of nitrogens with zero attached hydrogens (tertiary/aromatic N) is 5. The van der Waals surface area contributed by atoms with E-state index >= 15 is 0 Å². The van der Waals surface area contributed by atoms with Crippen LogP contribution in [0.1, 0.15) is 22.5 Å². The lowest BCUT2D eigenvalue weighted by Gasteiger charge is -2.07. The maximum absolute atomic E-state index is 12.9. The molecule has 0 bridgehead atoms. The zero-order valence-corrected chi connectivity index (χ0v) is 27.5. The summed E-state index contributed by atoms with van der Waals surface area (Å²) in [6.45, 7) is 7.86. The molecule has 234 valence electrons. The fraction of sp³-hybridized carbons (Fsp3) is 0.125. The van der Waals surface area contributed by atoms with Gasteiger partial charge >= 0.3 is 0 Å². The molecule has 4 N–H and O–H groups in total. The van der Waals surface area contributed by atoms with Gasteiger partial charge in [-0.1, -0.05) is 17.7 Å². The van der Waals surface area contributed by atoms with Gasteiger partial charge in [0.25, 0.3) is 5.69 Å². The number of rotatable bonds is 7. The molecule has 0 atom stereocenters. The number of nitro benzene ring substituents is 1. The highest BCUT2D eigenvalue weighted by atomic mass is 79.9. The third-order valence-electron chi connectivity index (χ3n) is 6.99. The molecule has 6 rings (SSSR count). The van der Waals surface area contributed by atoms with Crippen LogP contribution in [0.15, 0.2) is 77.7 Å². The fourth-order valence-corrected chi connectivity index (χ4v) is 5.53. The average molecular weight is 705 g/mol. The van der Waals surface area contributed by atoms with Crippen LogP contribution < -0.4 is 10.6 Å². The van der Waals surface area contributed by atoms with E-state index in [1.807, 2.05) is 39.8 Å². The Balaban J connectivity index is 0.000000182. The summed E-state index contributed by atoms with van der Waals surface area (Å²) >= 11 is 9.60. The molecule has 11 nitrogen and oxygen atoms in total. The van der Waals surface area contributed by atoms with Gasteiger partial charge in [0, 0.05) is 58.4 Å². The quantitative estimate of drug-likeness (QED) is 0.0949. The standard InChI is InChI=1S/C16H14BrN5O2.C16H14ClFN4/c1-9-14(10(2)19-15(9)17)13-6-7-18-16(21-13)20-11-4-3-5-12(8-11)22(23)24;1-9-14(10(2)20-15(9)17)13-7-8-19-16(22-13)21-12-5-3-11(18)4-6-12/h3-8,19H,1-2H3,(H,18,20,21);3-8,20H,1-2H3,(H,19,21,22). The van der Waals surface area contributed by atoms with Crippen molar-refractivity contribution in [1.82, 2.24) is 29.9 Å². The van der Waals surface area contributed by atoms with Crippen molar-refractivity contribution in [2.75, 3.05) is 10.6 Å². The van der Waals surface area contributed by atoms with E-state index in [2.05, 4.69) is 56.5 Å². The Hall–Kier alpha value is -5.14. The molecule has 0 spiro atoms. The zero-order chi connectivity index (χ0) is 33.0. The van der Waals surface area contributed by atoms with E-state index in [-0.39, 0.29) is 11.5 Å². The first-order valence-electron chi connectivity index (χ1n) is 13.9. The van der Waals surface area contributed by atoms with Crippen LogP contribution in [0.25, 0.3) is 22.5 Å². The summed E-state index contributed by atoms with van der Waals surface area (Å²) in [4.78, 5) is 34.1. The molecule has 4 aromatic heterocycles. The summed E-state index contributed by atoms with van der Waals surface area (Å²) < 4.78 is 13.8. The molecule has 0 aliphatic rings. The molecular formula is C32H28BrClFN9O2. The first-order chi connectivity index (χ1) is 22.0. The number of hydrogen-bond donors (Lipinski definition) is 4. The largest absolute Gasteiger partial charge is 0.353 e. The van der Waals surface area contributed by atoms with Crippen LogP contribution in [0.5, 0.6) is 0 Å². The third-order valence-corrected chi connectivity index (χ3v) is 8.16. The van der Waals surface area contributed by atoms with E-state index in [9.17, 15) is 14.5 Å². The van der Waals surface area contributed by atoms with Gasteiger partial charge in [-0.3, -0.25) is 10.1 Å². The second-order valence-corrected chi connectivity index (χ2v) is 11.4. The highest BCUT2D eigenvalue weighted by Crippen LogP contribution is 2.32. The van der Waals surface area contributed by atoms with E-state index in [1.165, 1.54) is 24.3 Å². The number of nitro groups is 1. The monoisotopic (exact) mass is 703 g/mol. The summed E-state index contributed by atoms with van der Waals surface area (Å²) in [6.07, 6.45) is 3.33. The van der Waals surface area contributed by atoms with Crippen molar-refractivity contribution < 1.29 is 9.31 Å². The topological polar surface area (TPSA) is 150 Å². The SMILES string of the molecule is Cc1[nH]c(Br)c(C)c1-c1ccnc(Nc2cccc([N+](=O)[O-])c2)n1.Cc1[nH]c(Cl)c(C)c1-c1ccnc(Nc2ccc(F)cc2)n1. The van der Waals surface area contributed by atoms with Crippen LogP contribution in [0.4, 0.5) is 33.3 Å². The minimum absolute atomic E-state index is 0.0115. The van der Waals surface area contributed by atoms with Crippen molar-refractivity contribution in [1.29, 1.82) is 0 Å². The van der Waals surface area contributed by atoms with Crippen molar-refractivity contribution in [2.24, 2.45) is 0 Å². The molecule has 6 aromatic rings. The summed E-state index contributed by atoms with van der Waals surface area (Å²) in [5.74, 6) is 0.540. The number of aromatic amines is 2. The molecule has 14 heteroatoms. The molecule has 0 unspecified atom stereocenters. The van der Waals surface area contributed by atoms with Crippen LogP contribution in [-0.2, 0) is 0 Å². The Bertz CT molecular complexity index is 2030. The van der Waals surface area contributed by atoms with Gasteiger partial charge in [0.2, 0.25) is 11.9 Å². The van der Waals surface area contributed by atoms with Crippen LogP contribution in [0, 0.1) is 43.6 Å². The highest BCUT2D eigenvalue weighted by molar-refractivity contribution is 9.10. The minimum atomic E-state index is -0.438. The Labute approximate surface area is 277 Å². The first-order valence-corrected chi connectivity index (χ1v) is 15.1. The summed E-state index contributed by atoms with van der Waals surface area (Å²) in [6, 6.07) is 15.9. The number of anilines is 4. The maximum Gasteiger partial charge on any atom is 0.271 e. The van der Waals surface area contributed by atoms with Crippen molar-refractivity contribution in [3.05, 3.63) is 121 Å². The highest BCUT2D eigenvalue weighted by Gasteiger charge is 2.15. The van der Waals surface area contributed by atoms with Crippen molar-refractivity contribution >= 4 is 56.5 Å². The molecule has 4 heterocycles. The lowest BCUT2D eigenvalue weighted by molar-refractivity contribution is -0.384. The maximum atomic E-state index is 12.9. The Morgan fingerprint density at radius 2 is 1.37 bits per heavy atom. The molecule has 2 aromatic carbocycles. The van der Waals surface area contributed by atoms with E-state index in [4.69, 9.17) is 11.6 Å².